The zero-order valence-corrected chi connectivity index (χ0v) is 20.1. The number of aryl methyl sites for hydroxylation is 1. The standard InChI is InChI=1S/C15H14F7NO.C10H9F4N/c16-12-7-10(14(17,18)19)6-9-2-1-8(5-11(9)12)3-4-23-13(24)15(20,21)22;11-9-4-7(10(12,13)14)3-6-5-15-2-1-8(6)9/h6-8H,1-5H2,(H,23,24);3-4,15H,1-2,5H2. The van der Waals surface area contributed by atoms with E-state index >= 15 is 0 Å². The first kappa shape index (κ1) is 30.6. The van der Waals surface area contributed by atoms with Crippen LogP contribution in [0.1, 0.15) is 46.2 Å². The predicted octanol–water partition coefficient (Wildman–Crippen LogP) is 6.51. The van der Waals surface area contributed by atoms with E-state index in [0.717, 1.165) is 12.1 Å². The summed E-state index contributed by atoms with van der Waals surface area (Å²) in [4.78, 5) is 10.7. The Morgan fingerprint density at radius 3 is 1.95 bits per heavy atom. The molecule has 1 unspecified atom stereocenters. The van der Waals surface area contributed by atoms with Crippen molar-refractivity contribution in [2.24, 2.45) is 5.92 Å². The summed E-state index contributed by atoms with van der Waals surface area (Å²) < 4.78 is 138. The van der Waals surface area contributed by atoms with E-state index in [0.29, 0.717) is 49.2 Å². The summed E-state index contributed by atoms with van der Waals surface area (Å²) in [5.74, 6) is -3.94. The number of halogens is 11. The number of rotatable bonds is 3. The second-order valence-electron chi connectivity index (χ2n) is 9.26. The molecule has 0 fully saturated rings. The molecule has 0 saturated heterocycles. The van der Waals surface area contributed by atoms with Gasteiger partial charge in [0.2, 0.25) is 0 Å². The van der Waals surface area contributed by atoms with Gasteiger partial charge >= 0.3 is 24.4 Å². The fourth-order valence-electron chi connectivity index (χ4n) is 4.53. The molecule has 1 atom stereocenters. The van der Waals surface area contributed by atoms with Crippen LogP contribution >= 0.6 is 0 Å². The van der Waals surface area contributed by atoms with E-state index in [-0.39, 0.29) is 42.9 Å². The summed E-state index contributed by atoms with van der Waals surface area (Å²) in [5.41, 5.74) is -0.702. The number of carbonyl (C=O) groups is 1. The number of hydrogen-bond acceptors (Lipinski definition) is 2. The zero-order chi connectivity index (χ0) is 29.2. The highest BCUT2D eigenvalue weighted by molar-refractivity contribution is 5.81. The summed E-state index contributed by atoms with van der Waals surface area (Å²) in [5, 5.41) is 4.64. The van der Waals surface area contributed by atoms with Crippen molar-refractivity contribution in [3.63, 3.8) is 0 Å². The minimum atomic E-state index is -4.96. The Kier molecular flexibility index (Phi) is 9.18. The Bertz CT molecular complexity index is 1190. The van der Waals surface area contributed by atoms with Gasteiger partial charge in [-0.1, -0.05) is 0 Å². The fourth-order valence-corrected chi connectivity index (χ4v) is 4.53. The van der Waals surface area contributed by atoms with E-state index in [4.69, 9.17) is 0 Å². The van der Waals surface area contributed by atoms with Crippen LogP contribution in [0, 0.1) is 17.6 Å². The van der Waals surface area contributed by atoms with Crippen LogP contribution in [-0.2, 0) is 43.0 Å². The zero-order valence-electron chi connectivity index (χ0n) is 20.1. The highest BCUT2D eigenvalue weighted by Gasteiger charge is 2.38. The van der Waals surface area contributed by atoms with Crippen molar-refractivity contribution in [3.05, 3.63) is 69.3 Å². The number of alkyl halides is 9. The van der Waals surface area contributed by atoms with Gasteiger partial charge in [-0.3, -0.25) is 4.79 Å². The summed E-state index contributed by atoms with van der Waals surface area (Å²) >= 11 is 0. The van der Waals surface area contributed by atoms with Crippen LogP contribution < -0.4 is 10.6 Å². The molecule has 0 spiro atoms. The van der Waals surface area contributed by atoms with Gasteiger partial charge < -0.3 is 10.6 Å². The Morgan fingerprint density at radius 2 is 1.38 bits per heavy atom. The minimum absolute atomic E-state index is 0.140. The molecular formula is C25H23F11N2O. The number of amides is 1. The number of carbonyl (C=O) groups excluding carboxylic acids is 1. The van der Waals surface area contributed by atoms with Crippen LogP contribution in [0.4, 0.5) is 48.3 Å². The van der Waals surface area contributed by atoms with Crippen molar-refractivity contribution in [3.8, 4) is 0 Å². The van der Waals surface area contributed by atoms with Crippen molar-refractivity contribution < 1.29 is 53.1 Å². The molecule has 1 heterocycles. The molecule has 0 aromatic heterocycles. The van der Waals surface area contributed by atoms with Gasteiger partial charge in [-0.15, -0.1) is 0 Å². The summed E-state index contributed by atoms with van der Waals surface area (Å²) in [6.45, 7) is 0.687. The van der Waals surface area contributed by atoms with Crippen LogP contribution in [0.15, 0.2) is 24.3 Å². The van der Waals surface area contributed by atoms with E-state index in [1.165, 1.54) is 0 Å². The Morgan fingerprint density at radius 1 is 0.821 bits per heavy atom. The largest absolute Gasteiger partial charge is 0.471 e. The van der Waals surface area contributed by atoms with Crippen molar-refractivity contribution in [1.82, 2.24) is 10.6 Å². The first-order valence-corrected chi connectivity index (χ1v) is 11.8. The molecule has 2 aromatic carbocycles. The van der Waals surface area contributed by atoms with Gasteiger partial charge in [0.25, 0.3) is 0 Å². The second kappa shape index (κ2) is 11.7. The third-order valence-corrected chi connectivity index (χ3v) is 6.51. The van der Waals surface area contributed by atoms with E-state index < -0.39 is 47.2 Å². The first-order valence-electron chi connectivity index (χ1n) is 11.8. The van der Waals surface area contributed by atoms with Gasteiger partial charge in [0, 0.05) is 13.1 Å². The molecular weight excluding hydrogens is 553 g/mol. The maximum atomic E-state index is 13.9. The van der Waals surface area contributed by atoms with E-state index in [9.17, 15) is 53.1 Å². The topological polar surface area (TPSA) is 41.1 Å². The minimum Gasteiger partial charge on any atom is -0.348 e. The van der Waals surface area contributed by atoms with Gasteiger partial charge in [-0.2, -0.15) is 39.5 Å². The van der Waals surface area contributed by atoms with E-state index in [1.807, 2.05) is 0 Å². The molecule has 0 bridgehead atoms. The van der Waals surface area contributed by atoms with Gasteiger partial charge in [-0.25, -0.2) is 8.78 Å². The second-order valence-corrected chi connectivity index (χ2v) is 9.26. The lowest BCUT2D eigenvalue weighted by molar-refractivity contribution is -0.173. The smallest absolute Gasteiger partial charge is 0.348 e. The summed E-state index contributed by atoms with van der Waals surface area (Å²) in [6, 6.07) is 2.95. The first-order chi connectivity index (χ1) is 18.0. The summed E-state index contributed by atoms with van der Waals surface area (Å²) in [7, 11) is 0. The molecule has 2 aliphatic rings. The lowest BCUT2D eigenvalue weighted by Crippen LogP contribution is -2.38. The number of nitrogens with one attached hydrogen (secondary N) is 2. The maximum absolute atomic E-state index is 13.9. The van der Waals surface area contributed by atoms with Crippen LogP contribution in [0.2, 0.25) is 0 Å². The van der Waals surface area contributed by atoms with Gasteiger partial charge in [-0.05, 0) is 91.1 Å². The molecule has 2 aromatic rings. The molecule has 0 radical (unpaired) electrons. The third kappa shape index (κ3) is 8.05. The highest BCUT2D eigenvalue weighted by atomic mass is 19.4. The maximum Gasteiger partial charge on any atom is 0.471 e. The van der Waals surface area contributed by atoms with Crippen molar-refractivity contribution >= 4 is 5.91 Å². The Hall–Kier alpha value is -2.90. The van der Waals surface area contributed by atoms with E-state index in [2.05, 4.69) is 5.32 Å². The van der Waals surface area contributed by atoms with Gasteiger partial charge in [0.1, 0.15) is 11.6 Å². The van der Waals surface area contributed by atoms with Crippen LogP contribution in [0.5, 0.6) is 0 Å². The van der Waals surface area contributed by atoms with E-state index in [1.54, 1.807) is 5.32 Å². The molecule has 216 valence electrons. The normalized spacial score (nSPS) is 17.5. The predicted molar refractivity (Wildman–Crippen MR) is 117 cm³/mol. The molecule has 4 rings (SSSR count). The van der Waals surface area contributed by atoms with Crippen LogP contribution in [0.25, 0.3) is 0 Å². The Labute approximate surface area is 215 Å². The van der Waals surface area contributed by atoms with Gasteiger partial charge in [0.15, 0.2) is 0 Å². The lowest BCUT2D eigenvalue weighted by Gasteiger charge is -2.26. The fraction of sp³-hybridized carbons (Fsp3) is 0.480. The average Bonchev–Trinajstić information content (AvgIpc) is 2.83. The third-order valence-electron chi connectivity index (χ3n) is 6.51. The lowest BCUT2D eigenvalue weighted by atomic mass is 9.81. The summed E-state index contributed by atoms with van der Waals surface area (Å²) in [6.07, 6.45) is -12.6. The number of benzene rings is 2. The van der Waals surface area contributed by atoms with Crippen molar-refractivity contribution in [1.29, 1.82) is 0 Å². The molecule has 1 aliphatic carbocycles. The van der Waals surface area contributed by atoms with Gasteiger partial charge in [0.05, 0.1) is 11.1 Å². The monoisotopic (exact) mass is 576 g/mol. The average molecular weight is 576 g/mol. The SMILES string of the molecule is Fc1cc(C(F)(F)F)cc2c1CCNC2.O=C(NCCC1CCc2cc(C(F)(F)F)cc(F)c2C1)C(F)(F)F. The Balaban J connectivity index is 0.000000239. The number of fused-ring (bicyclic) bond motifs is 2. The molecule has 39 heavy (non-hydrogen) atoms. The molecule has 3 nitrogen and oxygen atoms in total. The molecule has 0 saturated carbocycles. The van der Waals surface area contributed by atoms with Crippen molar-refractivity contribution in [2.45, 2.75) is 57.2 Å². The van der Waals surface area contributed by atoms with Crippen LogP contribution in [0.3, 0.4) is 0 Å². The quantitative estimate of drug-likeness (QED) is 0.410. The van der Waals surface area contributed by atoms with Crippen LogP contribution in [-0.4, -0.2) is 25.2 Å². The number of hydrogen-bond donors (Lipinski definition) is 2. The highest BCUT2D eigenvalue weighted by Crippen LogP contribution is 2.36. The molecule has 1 amide bonds. The molecule has 14 heteroatoms. The van der Waals surface area contributed by atoms with Crippen molar-refractivity contribution in [2.75, 3.05) is 13.1 Å². The molecule has 2 N–H and O–H groups in total. The molecule has 1 aliphatic heterocycles.